The Morgan fingerprint density at radius 1 is 1.12 bits per heavy atom. The number of hydrogen-bond donors (Lipinski definition) is 1. The fourth-order valence-corrected chi connectivity index (χ4v) is 4.46. The highest BCUT2D eigenvalue weighted by Crippen LogP contribution is 2.33. The van der Waals surface area contributed by atoms with Gasteiger partial charge in [0.05, 0.1) is 34.5 Å². The predicted octanol–water partition coefficient (Wildman–Crippen LogP) is 4.22. The molecule has 1 N–H and O–H groups in total. The summed E-state index contributed by atoms with van der Waals surface area (Å²) < 4.78 is 18.0. The van der Waals surface area contributed by atoms with Crippen molar-refractivity contribution >= 4 is 63.4 Å². The Bertz CT molecular complexity index is 1290. The average molecular weight is 522 g/mol. The standard InChI is InChI=1S/C22H14Cl2FN3O5S/c1-33-21(32)17-9-26-22(34-17)27-18(29)16(6-10-2-4-11(25)5-3-10)28-19(30)12-7-14(23)15(24)8-13(12)20(28)31/h2-5,7-9,16H,6H2,1H3,(H,26,27,29)/t16-/m0/s1. The molecule has 8 nitrogen and oxygen atoms in total. The number of aromatic nitrogens is 1. The maximum Gasteiger partial charge on any atom is 0.349 e. The fourth-order valence-electron chi connectivity index (χ4n) is 3.40. The largest absolute Gasteiger partial charge is 0.465 e. The van der Waals surface area contributed by atoms with Gasteiger partial charge in [0.2, 0.25) is 5.91 Å². The second kappa shape index (κ2) is 9.49. The van der Waals surface area contributed by atoms with Crippen LogP contribution in [0.25, 0.3) is 0 Å². The van der Waals surface area contributed by atoms with Crippen LogP contribution in [0.4, 0.5) is 9.52 Å². The summed E-state index contributed by atoms with van der Waals surface area (Å²) in [7, 11) is 1.21. The third kappa shape index (κ3) is 4.52. The summed E-state index contributed by atoms with van der Waals surface area (Å²) in [6.07, 6.45) is 1.13. The van der Waals surface area contributed by atoms with Crippen molar-refractivity contribution in [3.63, 3.8) is 0 Å². The van der Waals surface area contributed by atoms with Gasteiger partial charge in [-0.15, -0.1) is 0 Å². The molecule has 1 atom stereocenters. The minimum absolute atomic E-state index is 0.0125. The summed E-state index contributed by atoms with van der Waals surface area (Å²) in [5.74, 6) is -3.30. The van der Waals surface area contributed by atoms with Gasteiger partial charge in [-0.1, -0.05) is 46.7 Å². The van der Waals surface area contributed by atoms with Crippen LogP contribution in [-0.4, -0.2) is 46.7 Å². The number of anilines is 1. The molecule has 0 radical (unpaired) electrons. The van der Waals surface area contributed by atoms with Gasteiger partial charge in [-0.25, -0.2) is 14.2 Å². The summed E-state index contributed by atoms with van der Waals surface area (Å²) in [6.45, 7) is 0. The zero-order valence-electron chi connectivity index (χ0n) is 17.3. The normalized spacial score (nSPS) is 13.6. The Hall–Kier alpha value is -3.34. The molecule has 3 aromatic rings. The first kappa shape index (κ1) is 23.8. The molecule has 0 saturated carbocycles. The van der Waals surface area contributed by atoms with E-state index in [2.05, 4.69) is 15.0 Å². The molecule has 2 aromatic carbocycles. The van der Waals surface area contributed by atoms with Crippen molar-refractivity contribution in [1.29, 1.82) is 0 Å². The highest BCUT2D eigenvalue weighted by atomic mass is 35.5. The van der Waals surface area contributed by atoms with Crippen molar-refractivity contribution in [3.05, 3.63) is 80.0 Å². The van der Waals surface area contributed by atoms with Crippen LogP contribution in [0.15, 0.2) is 42.6 Å². The van der Waals surface area contributed by atoms with E-state index in [1.165, 1.54) is 49.7 Å². The van der Waals surface area contributed by atoms with E-state index in [1.54, 1.807) is 0 Å². The number of halogens is 3. The number of thiazole rings is 1. The van der Waals surface area contributed by atoms with E-state index in [0.717, 1.165) is 16.2 Å². The van der Waals surface area contributed by atoms with Crippen molar-refractivity contribution in [1.82, 2.24) is 9.88 Å². The van der Waals surface area contributed by atoms with Crippen molar-refractivity contribution < 1.29 is 28.3 Å². The lowest BCUT2D eigenvalue weighted by Gasteiger charge is -2.25. The highest BCUT2D eigenvalue weighted by molar-refractivity contribution is 7.17. The molecule has 0 spiro atoms. The maximum atomic E-state index is 13.4. The Morgan fingerprint density at radius 2 is 1.71 bits per heavy atom. The van der Waals surface area contributed by atoms with Gasteiger partial charge in [-0.2, -0.15) is 0 Å². The summed E-state index contributed by atoms with van der Waals surface area (Å²) in [5.41, 5.74) is 0.528. The van der Waals surface area contributed by atoms with Crippen LogP contribution in [0.1, 0.15) is 36.0 Å². The van der Waals surface area contributed by atoms with Gasteiger partial charge in [0, 0.05) is 6.42 Å². The van der Waals surface area contributed by atoms with Gasteiger partial charge in [-0.3, -0.25) is 19.3 Å². The minimum atomic E-state index is -1.32. The van der Waals surface area contributed by atoms with Crippen molar-refractivity contribution in [2.24, 2.45) is 0 Å². The van der Waals surface area contributed by atoms with Crippen LogP contribution < -0.4 is 5.32 Å². The molecule has 1 aliphatic heterocycles. The lowest BCUT2D eigenvalue weighted by molar-refractivity contribution is -0.119. The maximum absolute atomic E-state index is 13.4. The van der Waals surface area contributed by atoms with E-state index < -0.39 is 35.5 Å². The molecule has 3 amide bonds. The number of imide groups is 1. The summed E-state index contributed by atoms with van der Waals surface area (Å²) in [5, 5.41) is 2.76. The average Bonchev–Trinajstić information content (AvgIpc) is 3.37. The smallest absolute Gasteiger partial charge is 0.349 e. The van der Waals surface area contributed by atoms with E-state index in [1.807, 2.05) is 0 Å². The number of nitrogens with one attached hydrogen (secondary N) is 1. The Balaban J connectivity index is 1.68. The van der Waals surface area contributed by atoms with Gasteiger partial charge < -0.3 is 10.1 Å². The van der Waals surface area contributed by atoms with Crippen molar-refractivity contribution in [2.75, 3.05) is 12.4 Å². The van der Waals surface area contributed by atoms with Gasteiger partial charge in [-0.05, 0) is 29.8 Å². The van der Waals surface area contributed by atoms with Gasteiger partial charge in [0.25, 0.3) is 11.8 Å². The zero-order chi connectivity index (χ0) is 24.6. The second-order valence-electron chi connectivity index (χ2n) is 7.15. The lowest BCUT2D eigenvalue weighted by atomic mass is 10.0. The number of benzene rings is 2. The molecule has 1 aliphatic rings. The number of methoxy groups -OCH3 is 1. The van der Waals surface area contributed by atoms with Gasteiger partial charge in [0.1, 0.15) is 16.7 Å². The van der Waals surface area contributed by atoms with Gasteiger partial charge >= 0.3 is 5.97 Å². The molecule has 34 heavy (non-hydrogen) atoms. The Kier molecular flexibility index (Phi) is 6.65. The molecule has 0 unspecified atom stereocenters. The number of fused-ring (bicyclic) bond motifs is 1. The molecule has 12 heteroatoms. The Morgan fingerprint density at radius 3 is 2.26 bits per heavy atom. The first-order chi connectivity index (χ1) is 16.2. The molecule has 2 heterocycles. The van der Waals surface area contributed by atoms with Crippen LogP contribution in [0.5, 0.6) is 0 Å². The number of esters is 1. The second-order valence-corrected chi connectivity index (χ2v) is 8.99. The predicted molar refractivity (Wildman–Crippen MR) is 123 cm³/mol. The Labute approximate surface area is 206 Å². The number of rotatable bonds is 6. The topological polar surface area (TPSA) is 106 Å². The molecule has 0 saturated heterocycles. The molecule has 1 aromatic heterocycles. The first-order valence-electron chi connectivity index (χ1n) is 9.66. The summed E-state index contributed by atoms with van der Waals surface area (Å²) >= 11 is 12.9. The summed E-state index contributed by atoms with van der Waals surface area (Å²) in [4.78, 5) is 56.1. The number of carbonyl (C=O) groups excluding carboxylic acids is 4. The highest BCUT2D eigenvalue weighted by Gasteiger charge is 2.43. The van der Waals surface area contributed by atoms with Crippen LogP contribution in [0.3, 0.4) is 0 Å². The molecule has 4 rings (SSSR count). The van der Waals surface area contributed by atoms with E-state index >= 15 is 0 Å². The summed E-state index contributed by atoms with van der Waals surface area (Å²) in [6, 6.07) is 6.53. The van der Waals surface area contributed by atoms with Crippen LogP contribution in [-0.2, 0) is 16.0 Å². The number of carbonyl (C=O) groups is 4. The molecular formula is C22H14Cl2FN3O5S. The van der Waals surface area contributed by atoms with Crippen molar-refractivity contribution in [3.8, 4) is 0 Å². The minimum Gasteiger partial charge on any atom is -0.465 e. The third-order valence-electron chi connectivity index (χ3n) is 5.04. The third-order valence-corrected chi connectivity index (χ3v) is 6.65. The fraction of sp³-hybridized carbons (Fsp3) is 0.136. The lowest BCUT2D eigenvalue weighted by Crippen LogP contribution is -2.48. The molecular weight excluding hydrogens is 508 g/mol. The van der Waals surface area contributed by atoms with Crippen LogP contribution in [0, 0.1) is 5.82 Å². The molecule has 0 aliphatic carbocycles. The van der Waals surface area contributed by atoms with E-state index in [-0.39, 0.29) is 37.6 Å². The molecule has 0 bridgehead atoms. The number of amides is 3. The van der Waals surface area contributed by atoms with Crippen molar-refractivity contribution in [2.45, 2.75) is 12.5 Å². The number of hydrogen-bond acceptors (Lipinski definition) is 7. The monoisotopic (exact) mass is 521 g/mol. The molecule has 0 fully saturated rings. The quantitative estimate of drug-likeness (QED) is 0.384. The van der Waals surface area contributed by atoms with E-state index in [4.69, 9.17) is 23.2 Å². The van der Waals surface area contributed by atoms with E-state index in [9.17, 15) is 23.6 Å². The number of nitrogens with zero attached hydrogens (tertiary/aromatic N) is 2. The number of ether oxygens (including phenoxy) is 1. The van der Waals surface area contributed by atoms with Gasteiger partial charge in [0.15, 0.2) is 5.13 Å². The SMILES string of the molecule is COC(=O)c1cnc(NC(=O)[C@H](Cc2ccc(F)cc2)N2C(=O)c3cc(Cl)c(Cl)cc3C2=O)s1. The van der Waals surface area contributed by atoms with Crippen LogP contribution in [0.2, 0.25) is 10.0 Å². The van der Waals surface area contributed by atoms with Crippen LogP contribution >= 0.6 is 34.5 Å². The van der Waals surface area contributed by atoms with E-state index in [0.29, 0.717) is 5.56 Å². The molecule has 174 valence electrons. The first-order valence-corrected chi connectivity index (χ1v) is 11.2. The zero-order valence-corrected chi connectivity index (χ0v) is 19.6.